The number of aromatic nitrogens is 2. The Kier molecular flexibility index (Phi) is 5.38. The van der Waals surface area contributed by atoms with Gasteiger partial charge in [-0.3, -0.25) is 4.79 Å². The fraction of sp³-hybridized carbons (Fsp3) is 0.438. The number of hydrogen-bond acceptors (Lipinski definition) is 5. The van der Waals surface area contributed by atoms with Crippen molar-refractivity contribution in [3.8, 4) is 0 Å². The third kappa shape index (κ3) is 3.54. The average molecular weight is 337 g/mol. The Labute approximate surface area is 141 Å². The highest BCUT2D eigenvalue weighted by Crippen LogP contribution is 2.37. The molecular formula is C16H21ClN4O2. The topological polar surface area (TPSA) is 94.0 Å². The molecule has 0 aliphatic heterocycles. The molecular weight excluding hydrogens is 316 g/mol. The van der Waals surface area contributed by atoms with Crippen molar-refractivity contribution in [3.05, 3.63) is 47.6 Å². The first kappa shape index (κ1) is 17.4. The van der Waals surface area contributed by atoms with Crippen molar-refractivity contribution in [1.29, 1.82) is 0 Å². The summed E-state index contributed by atoms with van der Waals surface area (Å²) in [6.45, 7) is 1.81. The molecule has 124 valence electrons. The summed E-state index contributed by atoms with van der Waals surface area (Å²) < 4.78 is 5.39. The second-order valence-corrected chi connectivity index (χ2v) is 5.73. The molecule has 1 amide bonds. The number of nitrogens with one attached hydrogen (secondary N) is 1. The summed E-state index contributed by atoms with van der Waals surface area (Å²) >= 11 is 0. The van der Waals surface area contributed by atoms with Crippen molar-refractivity contribution in [2.45, 2.75) is 44.2 Å². The molecule has 3 rings (SSSR count). The Balaban J connectivity index is 0.00000192. The summed E-state index contributed by atoms with van der Waals surface area (Å²) in [7, 11) is 0. The fourth-order valence-corrected chi connectivity index (χ4v) is 2.53. The molecule has 0 radical (unpaired) electrons. The summed E-state index contributed by atoms with van der Waals surface area (Å²) in [6.07, 6.45) is 3.20. The molecule has 1 heterocycles. The Hall–Kier alpha value is -1.92. The molecule has 0 saturated heterocycles. The molecule has 0 bridgehead atoms. The molecule has 1 aromatic carbocycles. The van der Waals surface area contributed by atoms with Gasteiger partial charge in [-0.25, -0.2) is 0 Å². The minimum Gasteiger partial charge on any atom is -0.341 e. The molecule has 1 fully saturated rings. The first-order valence-corrected chi connectivity index (χ1v) is 7.59. The van der Waals surface area contributed by atoms with Crippen molar-refractivity contribution < 1.29 is 9.32 Å². The minimum absolute atomic E-state index is 0. The van der Waals surface area contributed by atoms with Gasteiger partial charge in [-0.1, -0.05) is 42.4 Å². The van der Waals surface area contributed by atoms with E-state index in [0.29, 0.717) is 18.1 Å². The van der Waals surface area contributed by atoms with Crippen LogP contribution in [0.1, 0.15) is 55.9 Å². The minimum atomic E-state index is -0.474. The average Bonchev–Trinajstić information content (AvgIpc) is 3.00. The summed E-state index contributed by atoms with van der Waals surface area (Å²) in [5.74, 6) is 0.833. The third-order valence-corrected chi connectivity index (χ3v) is 4.14. The maximum absolute atomic E-state index is 11.8. The zero-order valence-electron chi connectivity index (χ0n) is 13.0. The van der Waals surface area contributed by atoms with Crippen LogP contribution in [0, 0.1) is 0 Å². The molecule has 7 heteroatoms. The van der Waals surface area contributed by atoms with Crippen molar-refractivity contribution >= 4 is 18.3 Å². The smallest absolute Gasteiger partial charge is 0.253 e. The normalized spacial score (nSPS) is 16.8. The van der Waals surface area contributed by atoms with Crippen LogP contribution >= 0.6 is 12.4 Å². The third-order valence-electron chi connectivity index (χ3n) is 4.14. The molecule has 1 aliphatic carbocycles. The van der Waals surface area contributed by atoms with Crippen LogP contribution in [-0.2, 0) is 10.3 Å². The highest BCUT2D eigenvalue weighted by Gasteiger charge is 2.39. The van der Waals surface area contributed by atoms with E-state index in [1.54, 1.807) is 6.92 Å². The Morgan fingerprint density at radius 3 is 2.65 bits per heavy atom. The monoisotopic (exact) mass is 336 g/mol. The van der Waals surface area contributed by atoms with Gasteiger partial charge in [0.15, 0.2) is 5.82 Å². The van der Waals surface area contributed by atoms with Crippen LogP contribution < -0.4 is 11.1 Å². The van der Waals surface area contributed by atoms with Gasteiger partial charge in [-0.15, -0.1) is 12.4 Å². The molecule has 2 aromatic rings. The van der Waals surface area contributed by atoms with Gasteiger partial charge in [-0.05, 0) is 24.8 Å². The molecule has 1 aliphatic rings. The van der Waals surface area contributed by atoms with Gasteiger partial charge in [0.2, 0.25) is 5.91 Å². The van der Waals surface area contributed by atoms with Crippen LogP contribution in [0.3, 0.4) is 0 Å². The highest BCUT2D eigenvalue weighted by molar-refractivity contribution is 5.85. The molecule has 1 unspecified atom stereocenters. The van der Waals surface area contributed by atoms with Gasteiger partial charge < -0.3 is 15.6 Å². The number of nitrogens with zero attached hydrogens (tertiary/aromatic N) is 2. The highest BCUT2D eigenvalue weighted by atomic mass is 35.5. The molecule has 1 atom stereocenters. The lowest BCUT2D eigenvalue weighted by atomic mass is 9.77. The number of amides is 1. The van der Waals surface area contributed by atoms with E-state index >= 15 is 0 Å². The van der Waals surface area contributed by atoms with E-state index in [-0.39, 0.29) is 18.3 Å². The molecule has 23 heavy (non-hydrogen) atoms. The van der Waals surface area contributed by atoms with Crippen molar-refractivity contribution in [3.63, 3.8) is 0 Å². The number of halogens is 1. The molecule has 1 saturated carbocycles. The summed E-state index contributed by atoms with van der Waals surface area (Å²) in [5, 5.41) is 6.95. The fourth-order valence-electron chi connectivity index (χ4n) is 2.53. The molecule has 3 N–H and O–H groups in total. The van der Waals surface area contributed by atoms with Gasteiger partial charge >= 0.3 is 0 Å². The standard InChI is InChI=1S/C16H20N4O2.ClH/c1-2-12(21)18-13(11-7-4-3-5-8-11)14-19-15(20-22-14)16(17)9-6-10-16;/h3-5,7-8,13H,2,6,9-10,17H2,1H3,(H,18,21);1H. The second kappa shape index (κ2) is 7.10. The molecule has 0 spiro atoms. The maximum Gasteiger partial charge on any atom is 0.253 e. The van der Waals surface area contributed by atoms with Crippen molar-refractivity contribution in [2.24, 2.45) is 5.73 Å². The Bertz CT molecular complexity index is 655. The van der Waals surface area contributed by atoms with Crippen molar-refractivity contribution in [2.75, 3.05) is 0 Å². The van der Waals surface area contributed by atoms with E-state index in [1.165, 1.54) is 0 Å². The number of carbonyl (C=O) groups excluding carboxylic acids is 1. The lowest BCUT2D eigenvalue weighted by Crippen LogP contribution is -2.44. The lowest BCUT2D eigenvalue weighted by Gasteiger charge is -2.34. The summed E-state index contributed by atoms with van der Waals surface area (Å²) in [5.41, 5.74) is 6.66. The van der Waals surface area contributed by atoms with Crippen LogP contribution in [0.15, 0.2) is 34.9 Å². The van der Waals surface area contributed by atoms with Crippen LogP contribution in [0.4, 0.5) is 0 Å². The number of benzene rings is 1. The van der Waals surface area contributed by atoms with Crippen LogP contribution in [0.25, 0.3) is 0 Å². The largest absolute Gasteiger partial charge is 0.341 e. The zero-order valence-corrected chi connectivity index (χ0v) is 13.8. The quantitative estimate of drug-likeness (QED) is 0.874. The molecule has 6 nitrogen and oxygen atoms in total. The van der Waals surface area contributed by atoms with Gasteiger partial charge in [0.1, 0.15) is 6.04 Å². The van der Waals surface area contributed by atoms with Crippen molar-refractivity contribution in [1.82, 2.24) is 15.5 Å². The van der Waals surface area contributed by atoms with E-state index in [1.807, 2.05) is 30.3 Å². The number of carbonyl (C=O) groups is 1. The van der Waals surface area contributed by atoms with Gasteiger partial charge in [0, 0.05) is 6.42 Å². The van der Waals surface area contributed by atoms with Crippen LogP contribution in [0.2, 0.25) is 0 Å². The van der Waals surface area contributed by atoms with E-state index < -0.39 is 11.6 Å². The predicted molar refractivity (Wildman–Crippen MR) is 88.0 cm³/mol. The van der Waals surface area contributed by atoms with Gasteiger partial charge in [0.25, 0.3) is 5.89 Å². The van der Waals surface area contributed by atoms with E-state index in [9.17, 15) is 4.79 Å². The van der Waals surface area contributed by atoms with Crippen LogP contribution in [-0.4, -0.2) is 16.0 Å². The Morgan fingerprint density at radius 1 is 1.39 bits per heavy atom. The zero-order chi connectivity index (χ0) is 15.6. The number of rotatable bonds is 5. The SMILES string of the molecule is CCC(=O)NC(c1ccccc1)c1nc(C2(N)CCC2)no1.Cl. The number of nitrogens with two attached hydrogens (primary N) is 1. The van der Waals surface area contributed by atoms with Gasteiger partial charge in [-0.2, -0.15) is 4.98 Å². The Morgan fingerprint density at radius 2 is 2.09 bits per heavy atom. The first-order chi connectivity index (χ1) is 10.6. The number of hydrogen-bond donors (Lipinski definition) is 2. The van der Waals surface area contributed by atoms with Gasteiger partial charge in [0.05, 0.1) is 5.54 Å². The summed E-state index contributed by atoms with van der Waals surface area (Å²) in [4.78, 5) is 16.3. The van der Waals surface area contributed by atoms with E-state index in [0.717, 1.165) is 24.8 Å². The second-order valence-electron chi connectivity index (χ2n) is 5.73. The maximum atomic E-state index is 11.8. The molecule has 1 aromatic heterocycles. The van der Waals surface area contributed by atoms with Crippen LogP contribution in [0.5, 0.6) is 0 Å². The first-order valence-electron chi connectivity index (χ1n) is 7.59. The predicted octanol–water partition coefficient (Wildman–Crippen LogP) is 2.44. The summed E-state index contributed by atoms with van der Waals surface area (Å²) in [6, 6.07) is 9.14. The van der Waals surface area contributed by atoms with E-state index in [2.05, 4.69) is 15.5 Å². The lowest BCUT2D eigenvalue weighted by molar-refractivity contribution is -0.121. The van der Waals surface area contributed by atoms with E-state index in [4.69, 9.17) is 10.3 Å².